The van der Waals surface area contributed by atoms with Gasteiger partial charge in [-0.15, -0.1) is 11.3 Å². The first kappa shape index (κ1) is 13.2. The minimum absolute atomic E-state index is 0.234. The molecule has 0 unspecified atom stereocenters. The molecule has 0 fully saturated rings. The molecule has 0 aliphatic heterocycles. The molecule has 96 valence electrons. The second kappa shape index (κ2) is 5.16. The van der Waals surface area contributed by atoms with Crippen LogP contribution in [0.1, 0.15) is 32.2 Å². The molecule has 2 aromatic rings. The van der Waals surface area contributed by atoms with Crippen LogP contribution < -0.4 is 5.32 Å². The summed E-state index contributed by atoms with van der Waals surface area (Å²) in [5, 5.41) is 12.4. The van der Waals surface area contributed by atoms with Gasteiger partial charge < -0.3 is 5.32 Å². The van der Waals surface area contributed by atoms with Crippen molar-refractivity contribution in [1.82, 2.24) is 9.97 Å². The van der Waals surface area contributed by atoms with E-state index in [-0.39, 0.29) is 11.6 Å². The number of nitrogens with one attached hydrogen (secondary N) is 1. The highest BCUT2D eigenvalue weighted by molar-refractivity contribution is 7.16. The van der Waals surface area contributed by atoms with Crippen molar-refractivity contribution < 1.29 is 4.79 Å². The van der Waals surface area contributed by atoms with Crippen LogP contribution in [0.3, 0.4) is 0 Å². The summed E-state index contributed by atoms with van der Waals surface area (Å²) in [5.74, 6) is -0.356. The summed E-state index contributed by atoms with van der Waals surface area (Å²) in [6.45, 7) is 5.59. The zero-order chi connectivity index (χ0) is 14.0. The van der Waals surface area contributed by atoms with E-state index in [1.165, 1.54) is 23.7 Å². The average Bonchev–Trinajstić information content (AvgIpc) is 2.65. The highest BCUT2D eigenvalue weighted by Crippen LogP contribution is 2.31. The number of anilines is 1. The van der Waals surface area contributed by atoms with E-state index in [4.69, 9.17) is 5.26 Å². The van der Waals surface area contributed by atoms with Crippen molar-refractivity contribution in [3.8, 4) is 6.07 Å². The molecule has 6 heteroatoms. The molecular formula is C13H12N4OS. The highest BCUT2D eigenvalue weighted by atomic mass is 32.1. The van der Waals surface area contributed by atoms with Crippen LogP contribution >= 0.6 is 11.3 Å². The van der Waals surface area contributed by atoms with Gasteiger partial charge in [0.1, 0.15) is 16.8 Å². The third-order valence-electron chi connectivity index (χ3n) is 2.74. The smallest absolute Gasteiger partial charge is 0.276 e. The number of carbonyl (C=O) groups excluding carboxylic acids is 1. The molecule has 0 saturated carbocycles. The molecule has 1 amide bonds. The van der Waals surface area contributed by atoms with Gasteiger partial charge in [0.25, 0.3) is 5.91 Å². The Morgan fingerprint density at radius 3 is 2.63 bits per heavy atom. The summed E-state index contributed by atoms with van der Waals surface area (Å²) in [4.78, 5) is 21.0. The second-order valence-electron chi connectivity index (χ2n) is 4.10. The molecule has 0 aliphatic carbocycles. The molecule has 2 heterocycles. The molecule has 0 aliphatic rings. The number of nitriles is 1. The first-order valence-electron chi connectivity index (χ1n) is 5.63. The van der Waals surface area contributed by atoms with Crippen molar-refractivity contribution in [3.63, 3.8) is 0 Å². The van der Waals surface area contributed by atoms with E-state index in [0.29, 0.717) is 10.6 Å². The van der Waals surface area contributed by atoms with E-state index in [0.717, 1.165) is 16.1 Å². The molecule has 0 atom stereocenters. The Bertz CT molecular complexity index is 667. The van der Waals surface area contributed by atoms with Crippen LogP contribution in [0, 0.1) is 32.1 Å². The van der Waals surface area contributed by atoms with Crippen LogP contribution in [0.25, 0.3) is 0 Å². The van der Waals surface area contributed by atoms with Crippen LogP contribution in [0.5, 0.6) is 0 Å². The van der Waals surface area contributed by atoms with Gasteiger partial charge in [0.05, 0.1) is 17.5 Å². The number of aromatic nitrogens is 2. The predicted molar refractivity (Wildman–Crippen MR) is 73.2 cm³/mol. The molecule has 0 aromatic carbocycles. The number of hydrogen-bond donors (Lipinski definition) is 1. The molecule has 2 rings (SSSR count). The van der Waals surface area contributed by atoms with E-state index in [2.05, 4.69) is 21.4 Å². The maximum absolute atomic E-state index is 12.0. The molecule has 19 heavy (non-hydrogen) atoms. The highest BCUT2D eigenvalue weighted by Gasteiger charge is 2.16. The maximum Gasteiger partial charge on any atom is 0.276 e. The molecule has 2 aromatic heterocycles. The third kappa shape index (κ3) is 2.61. The van der Waals surface area contributed by atoms with E-state index in [9.17, 15) is 4.79 Å². The lowest BCUT2D eigenvalue weighted by Gasteiger charge is -2.02. The van der Waals surface area contributed by atoms with Gasteiger partial charge >= 0.3 is 0 Å². The van der Waals surface area contributed by atoms with Crippen LogP contribution in [-0.2, 0) is 0 Å². The minimum atomic E-state index is -0.356. The molecule has 1 N–H and O–H groups in total. The Morgan fingerprint density at radius 1 is 1.32 bits per heavy atom. The van der Waals surface area contributed by atoms with Crippen molar-refractivity contribution in [2.75, 3.05) is 5.32 Å². The Balaban J connectivity index is 2.27. The van der Waals surface area contributed by atoms with E-state index >= 15 is 0 Å². The van der Waals surface area contributed by atoms with Gasteiger partial charge in [-0.05, 0) is 26.3 Å². The van der Waals surface area contributed by atoms with Crippen LogP contribution in [0.2, 0.25) is 0 Å². The summed E-state index contributed by atoms with van der Waals surface area (Å²) in [5.41, 5.74) is 2.39. The van der Waals surface area contributed by atoms with E-state index < -0.39 is 0 Å². The lowest BCUT2D eigenvalue weighted by molar-refractivity contribution is 0.102. The summed E-state index contributed by atoms with van der Waals surface area (Å²) in [6, 6.07) is 2.11. The van der Waals surface area contributed by atoms with Crippen molar-refractivity contribution in [2.24, 2.45) is 0 Å². The van der Waals surface area contributed by atoms with Gasteiger partial charge in [-0.2, -0.15) is 5.26 Å². The first-order valence-corrected chi connectivity index (χ1v) is 6.44. The first-order chi connectivity index (χ1) is 9.02. The molecular weight excluding hydrogens is 260 g/mol. The summed E-state index contributed by atoms with van der Waals surface area (Å²) in [6.07, 6.45) is 2.95. The summed E-state index contributed by atoms with van der Waals surface area (Å²) in [7, 11) is 0. The van der Waals surface area contributed by atoms with E-state index in [1.807, 2.05) is 13.8 Å². The quantitative estimate of drug-likeness (QED) is 0.911. The Hall–Kier alpha value is -2.26. The van der Waals surface area contributed by atoms with Gasteiger partial charge in [0, 0.05) is 11.1 Å². The van der Waals surface area contributed by atoms with Crippen LogP contribution in [-0.4, -0.2) is 15.9 Å². The van der Waals surface area contributed by atoms with Crippen molar-refractivity contribution in [3.05, 3.63) is 39.8 Å². The summed E-state index contributed by atoms with van der Waals surface area (Å²) >= 11 is 1.39. The predicted octanol–water partition coefficient (Wildman–Crippen LogP) is 2.59. The van der Waals surface area contributed by atoms with Gasteiger partial charge in [-0.1, -0.05) is 0 Å². The third-order valence-corrected chi connectivity index (χ3v) is 3.86. The fourth-order valence-corrected chi connectivity index (χ4v) is 2.53. The number of amides is 1. The largest absolute Gasteiger partial charge is 0.311 e. The fourth-order valence-electron chi connectivity index (χ4n) is 1.53. The van der Waals surface area contributed by atoms with Gasteiger partial charge in [-0.25, -0.2) is 4.98 Å². The number of hydrogen-bond acceptors (Lipinski definition) is 5. The lowest BCUT2D eigenvalue weighted by atomic mass is 10.2. The molecule has 5 nitrogen and oxygen atoms in total. The fraction of sp³-hybridized carbons (Fsp3) is 0.231. The van der Waals surface area contributed by atoms with Crippen molar-refractivity contribution in [2.45, 2.75) is 20.8 Å². The molecule has 0 spiro atoms. The van der Waals surface area contributed by atoms with Gasteiger partial charge in [-0.3, -0.25) is 9.78 Å². The average molecular weight is 272 g/mol. The zero-order valence-electron chi connectivity index (χ0n) is 10.8. The van der Waals surface area contributed by atoms with Gasteiger partial charge in [0.15, 0.2) is 0 Å². The monoisotopic (exact) mass is 272 g/mol. The molecule has 0 radical (unpaired) electrons. The number of carbonyl (C=O) groups is 1. The van der Waals surface area contributed by atoms with Crippen LogP contribution in [0.15, 0.2) is 12.4 Å². The van der Waals surface area contributed by atoms with Crippen molar-refractivity contribution >= 4 is 22.2 Å². The zero-order valence-corrected chi connectivity index (χ0v) is 11.6. The number of nitrogens with zero attached hydrogens (tertiary/aromatic N) is 3. The lowest BCUT2D eigenvalue weighted by Crippen LogP contribution is -2.14. The van der Waals surface area contributed by atoms with Gasteiger partial charge in [0.2, 0.25) is 0 Å². The molecule has 0 saturated heterocycles. The van der Waals surface area contributed by atoms with Crippen molar-refractivity contribution in [1.29, 1.82) is 5.26 Å². The Labute approximate surface area is 114 Å². The topological polar surface area (TPSA) is 78.7 Å². The van der Waals surface area contributed by atoms with Crippen LogP contribution in [0.4, 0.5) is 5.00 Å². The Morgan fingerprint density at radius 2 is 2.05 bits per heavy atom. The number of thiophene rings is 1. The number of rotatable bonds is 2. The molecule has 0 bridgehead atoms. The number of aryl methyl sites for hydroxylation is 2. The van der Waals surface area contributed by atoms with E-state index in [1.54, 1.807) is 6.92 Å². The Kier molecular flexibility index (Phi) is 3.58. The minimum Gasteiger partial charge on any atom is -0.311 e. The second-order valence-corrected chi connectivity index (χ2v) is 5.32. The SMILES string of the molecule is Cc1cnc(C(=O)Nc2sc(C)c(C)c2C#N)cn1. The summed E-state index contributed by atoms with van der Waals surface area (Å²) < 4.78 is 0. The maximum atomic E-state index is 12.0. The normalized spacial score (nSPS) is 10.0. The standard InChI is InChI=1S/C13H12N4OS/c1-7-5-16-11(6-15-7)12(18)17-13-10(4-14)8(2)9(3)19-13/h5-6H,1-3H3,(H,17,18).